The summed E-state index contributed by atoms with van der Waals surface area (Å²) in [6, 6.07) is 7.84. The van der Waals surface area contributed by atoms with E-state index < -0.39 is 0 Å². The van der Waals surface area contributed by atoms with Crippen LogP contribution >= 0.6 is 0 Å². The molecule has 1 aromatic rings. The van der Waals surface area contributed by atoms with E-state index in [-0.39, 0.29) is 43.7 Å². The van der Waals surface area contributed by atoms with E-state index >= 15 is 0 Å². The first kappa shape index (κ1) is 18.9. The third-order valence-electron chi connectivity index (χ3n) is 2.11. The molecule has 0 aliphatic heterocycles. The monoisotopic (exact) mass is 218 g/mol. The second-order valence-corrected chi connectivity index (χ2v) is 3.58. The normalized spacial score (nSPS) is 9.94. The van der Waals surface area contributed by atoms with Gasteiger partial charge in [-0.1, -0.05) is 13.0 Å². The Morgan fingerprint density at radius 2 is 1.88 bits per heavy atom. The van der Waals surface area contributed by atoms with Crippen molar-refractivity contribution in [2.24, 2.45) is 4.99 Å². The summed E-state index contributed by atoms with van der Waals surface area (Å²) < 4.78 is 0. The number of nitrogens with zero attached hydrogens (tertiary/aromatic N) is 2. The summed E-state index contributed by atoms with van der Waals surface area (Å²) in [5, 5.41) is 11.2. The summed E-state index contributed by atoms with van der Waals surface area (Å²) in [6.07, 6.45) is 1.96. The van der Waals surface area contributed by atoms with Crippen molar-refractivity contribution in [1.82, 2.24) is 4.90 Å². The zero-order valence-electron chi connectivity index (χ0n) is 11.4. The van der Waals surface area contributed by atoms with Crippen LogP contribution in [0.2, 0.25) is 0 Å². The van der Waals surface area contributed by atoms with Crippen LogP contribution in [0.5, 0.6) is 0 Å². The van der Waals surface area contributed by atoms with E-state index in [0.29, 0.717) is 6.54 Å². The third kappa shape index (κ3) is 6.76. The Balaban J connectivity index is 0. The number of rotatable bonds is 3. The zero-order valence-corrected chi connectivity index (χ0v) is 11.4. The van der Waals surface area contributed by atoms with Crippen LogP contribution in [0.3, 0.4) is 0 Å². The predicted molar refractivity (Wildman–Crippen MR) is 60.6 cm³/mol. The van der Waals surface area contributed by atoms with Crippen LogP contribution < -0.4 is 42.8 Å². The molecule has 1 aromatic carbocycles. The van der Waals surface area contributed by atoms with Crippen molar-refractivity contribution >= 4 is 6.02 Å². The number of hydrogen-bond donors (Lipinski definition) is 0. The molecule has 5 heteroatoms. The summed E-state index contributed by atoms with van der Waals surface area (Å²) in [5.41, 5.74) is 2.33. The summed E-state index contributed by atoms with van der Waals surface area (Å²) in [4.78, 5) is 5.36. The Hall–Kier alpha value is -0.445. The van der Waals surface area contributed by atoms with Gasteiger partial charge in [0.2, 0.25) is 0 Å². The van der Waals surface area contributed by atoms with Gasteiger partial charge in [0, 0.05) is 26.7 Å². The molecule has 0 saturated heterocycles. The second-order valence-electron chi connectivity index (χ2n) is 3.58. The maximum absolute atomic E-state index is 11.2. The van der Waals surface area contributed by atoms with Gasteiger partial charge in [0.15, 0.2) is 0 Å². The fourth-order valence-corrected chi connectivity index (χ4v) is 1.18. The topological polar surface area (TPSA) is 38.7 Å². The molecule has 0 amide bonds. The van der Waals surface area contributed by atoms with Crippen molar-refractivity contribution in [2.45, 2.75) is 6.92 Å². The number of benzene rings is 1. The van der Waals surface area contributed by atoms with Crippen LogP contribution in [-0.4, -0.2) is 31.6 Å². The summed E-state index contributed by atoms with van der Waals surface area (Å²) in [5.74, 6) is 0. The summed E-state index contributed by atoms with van der Waals surface area (Å²) in [7, 11) is 3.39. The van der Waals surface area contributed by atoms with Gasteiger partial charge in [-0.25, -0.2) is 0 Å². The number of aliphatic imine (C=N–C) groups is 1. The SMILES string of the molecule is Cc1ccccc1[CH-]CN=C([O-])N(C)C.[Li+].[Li+]. The van der Waals surface area contributed by atoms with Crippen LogP contribution in [-0.2, 0) is 0 Å². The first-order valence-electron chi connectivity index (χ1n) is 4.89. The molecule has 0 radical (unpaired) electrons. The van der Waals surface area contributed by atoms with Crippen molar-refractivity contribution < 1.29 is 42.8 Å². The molecular weight excluding hydrogens is 202 g/mol. The molecular formula is C12H16Li2N2O. The number of aryl methyl sites for hydroxylation is 1. The van der Waals surface area contributed by atoms with Crippen LogP contribution in [0.25, 0.3) is 0 Å². The molecule has 0 aromatic heterocycles. The van der Waals surface area contributed by atoms with Crippen molar-refractivity contribution in [1.29, 1.82) is 0 Å². The van der Waals surface area contributed by atoms with Gasteiger partial charge in [0.05, 0.1) is 0 Å². The van der Waals surface area contributed by atoms with Crippen molar-refractivity contribution in [2.75, 3.05) is 20.6 Å². The van der Waals surface area contributed by atoms with Crippen LogP contribution in [0.1, 0.15) is 11.1 Å². The Kier molecular flexibility index (Phi) is 10.6. The first-order valence-corrected chi connectivity index (χ1v) is 4.89. The van der Waals surface area contributed by atoms with Gasteiger partial charge < -0.3 is 10.0 Å². The first-order chi connectivity index (χ1) is 7.11. The minimum absolute atomic E-state index is 0. The van der Waals surface area contributed by atoms with Crippen LogP contribution in [0.15, 0.2) is 29.3 Å². The average Bonchev–Trinajstić information content (AvgIpc) is 2.20. The fraction of sp³-hybridized carbons (Fsp3) is 0.333. The van der Waals surface area contributed by atoms with Gasteiger partial charge in [0.1, 0.15) is 0 Å². The standard InChI is InChI=1S/C12H17N2O.2Li/c1-10-6-4-5-7-11(10)8-9-13-12(15)14(2)3;;/h4-8H,9H2,1-3H3,(H,13,15);;/q-1;2*+1/p-1. The van der Waals surface area contributed by atoms with Gasteiger partial charge in [-0.05, 0) is 0 Å². The Morgan fingerprint density at radius 3 is 2.41 bits per heavy atom. The molecule has 0 atom stereocenters. The largest absolute Gasteiger partial charge is 1.00 e. The van der Waals surface area contributed by atoms with Crippen LogP contribution in [0, 0.1) is 13.3 Å². The van der Waals surface area contributed by atoms with Crippen molar-refractivity contribution in [3.8, 4) is 0 Å². The molecule has 0 unspecified atom stereocenters. The van der Waals surface area contributed by atoms with E-state index in [1.54, 1.807) is 14.1 Å². The van der Waals surface area contributed by atoms with E-state index in [0.717, 1.165) is 5.56 Å². The molecule has 0 fully saturated rings. The molecule has 3 nitrogen and oxygen atoms in total. The van der Waals surface area contributed by atoms with E-state index in [1.807, 2.05) is 37.6 Å². The quantitative estimate of drug-likeness (QED) is 0.220. The third-order valence-corrected chi connectivity index (χ3v) is 2.11. The molecule has 1 rings (SSSR count). The second kappa shape index (κ2) is 9.57. The maximum Gasteiger partial charge on any atom is 1.00 e. The zero-order chi connectivity index (χ0) is 11.3. The minimum atomic E-state index is -0.195. The van der Waals surface area contributed by atoms with Crippen molar-refractivity contribution in [3.05, 3.63) is 41.8 Å². The predicted octanol–water partition coefficient (Wildman–Crippen LogP) is -5.17. The molecule has 0 N–H and O–H groups in total. The molecule has 0 aliphatic rings. The molecule has 82 valence electrons. The molecule has 0 bridgehead atoms. The Labute approximate surface area is 128 Å². The fourth-order valence-electron chi connectivity index (χ4n) is 1.18. The minimum Gasteiger partial charge on any atom is -0.846 e. The van der Waals surface area contributed by atoms with Gasteiger partial charge in [-0.2, -0.15) is 23.6 Å². The number of amidine groups is 1. The van der Waals surface area contributed by atoms with E-state index in [9.17, 15) is 5.11 Å². The Morgan fingerprint density at radius 1 is 1.29 bits per heavy atom. The smallest absolute Gasteiger partial charge is 0.846 e. The molecule has 0 saturated carbocycles. The molecule has 0 heterocycles. The van der Waals surface area contributed by atoms with Gasteiger partial charge in [-0.15, -0.1) is 12.1 Å². The van der Waals surface area contributed by atoms with Crippen LogP contribution in [0.4, 0.5) is 0 Å². The van der Waals surface area contributed by atoms with Crippen molar-refractivity contribution in [3.63, 3.8) is 0 Å². The summed E-state index contributed by atoms with van der Waals surface area (Å²) >= 11 is 0. The Bertz CT molecular complexity index is 354. The van der Waals surface area contributed by atoms with E-state index in [2.05, 4.69) is 4.99 Å². The van der Waals surface area contributed by atoms with Gasteiger partial charge in [0.25, 0.3) is 0 Å². The van der Waals surface area contributed by atoms with E-state index in [4.69, 9.17) is 0 Å². The summed E-state index contributed by atoms with van der Waals surface area (Å²) in [6.45, 7) is 2.47. The molecule has 0 aliphatic carbocycles. The average molecular weight is 218 g/mol. The van der Waals surface area contributed by atoms with E-state index in [1.165, 1.54) is 10.5 Å². The number of hydrogen-bond acceptors (Lipinski definition) is 2. The van der Waals surface area contributed by atoms with Gasteiger partial charge >= 0.3 is 37.7 Å². The molecule has 0 spiro atoms. The maximum atomic E-state index is 11.2. The van der Waals surface area contributed by atoms with Gasteiger partial charge in [-0.3, -0.25) is 4.99 Å². The molecule has 17 heavy (non-hydrogen) atoms.